The van der Waals surface area contributed by atoms with Gasteiger partial charge in [0.1, 0.15) is 0 Å². The zero-order valence-corrected chi connectivity index (χ0v) is 7.56. The highest BCUT2D eigenvalue weighted by molar-refractivity contribution is 5.88. The first kappa shape index (κ1) is 7.67. The van der Waals surface area contributed by atoms with Crippen LogP contribution in [0.15, 0.2) is 29.3 Å². The van der Waals surface area contributed by atoms with E-state index in [0.717, 1.165) is 30.4 Å². The number of benzene rings is 1. The molecule has 0 radical (unpaired) electrons. The van der Waals surface area contributed by atoms with E-state index >= 15 is 0 Å². The lowest BCUT2D eigenvalue weighted by Crippen LogP contribution is -2.37. The van der Waals surface area contributed by atoms with Gasteiger partial charge in [-0.1, -0.05) is 12.1 Å². The number of para-hydroxylation sites is 2. The number of hydrogen-bond donors (Lipinski definition) is 1. The molecule has 0 spiro atoms. The summed E-state index contributed by atoms with van der Waals surface area (Å²) >= 11 is 0. The summed E-state index contributed by atoms with van der Waals surface area (Å²) in [4.78, 5) is 4.26. The minimum Gasteiger partial charge on any atom is -0.444 e. The maximum Gasteiger partial charge on any atom is 0.299 e. The molecule has 3 rings (SSSR count). The topological polar surface area (TPSA) is 42.8 Å². The minimum atomic E-state index is -0.380. The number of nitrogens with zero attached hydrogens (tertiary/aromatic N) is 1. The molecule has 0 bridgehead atoms. The van der Waals surface area contributed by atoms with Crippen LogP contribution in [-0.4, -0.2) is 25.2 Å². The normalized spacial score (nSPS) is 19.3. The van der Waals surface area contributed by atoms with E-state index < -0.39 is 0 Å². The molecule has 0 saturated carbocycles. The van der Waals surface area contributed by atoms with Crippen molar-refractivity contribution in [2.45, 2.75) is 6.29 Å². The zero-order chi connectivity index (χ0) is 9.38. The Morgan fingerprint density at radius 2 is 1.93 bits per heavy atom. The lowest BCUT2D eigenvalue weighted by Gasteiger charge is -2.09. The molecular weight excluding hydrogens is 180 g/mol. The van der Waals surface area contributed by atoms with Crippen molar-refractivity contribution in [1.82, 2.24) is 5.32 Å². The van der Waals surface area contributed by atoms with Crippen LogP contribution >= 0.6 is 0 Å². The molecule has 0 aromatic heterocycles. The predicted molar refractivity (Wildman–Crippen MR) is 51.8 cm³/mol. The number of aliphatic imine (C=N–C) groups is 1. The van der Waals surface area contributed by atoms with Gasteiger partial charge in [-0.05, 0) is 12.1 Å². The van der Waals surface area contributed by atoms with Crippen molar-refractivity contribution in [3.8, 4) is 11.5 Å². The number of rotatable bonds is 1. The lowest BCUT2D eigenvalue weighted by molar-refractivity contribution is 0.111. The first-order valence-electron chi connectivity index (χ1n) is 4.64. The number of nitrogens with one attached hydrogen (secondary N) is 1. The van der Waals surface area contributed by atoms with Gasteiger partial charge in [0, 0.05) is 6.54 Å². The number of amidine groups is 1. The molecule has 14 heavy (non-hydrogen) atoms. The van der Waals surface area contributed by atoms with Crippen LogP contribution in [0.4, 0.5) is 0 Å². The molecule has 0 amide bonds. The smallest absolute Gasteiger partial charge is 0.299 e. The van der Waals surface area contributed by atoms with Crippen molar-refractivity contribution in [2.75, 3.05) is 13.1 Å². The quantitative estimate of drug-likeness (QED) is 0.711. The van der Waals surface area contributed by atoms with Crippen LogP contribution < -0.4 is 14.8 Å². The van der Waals surface area contributed by atoms with Crippen molar-refractivity contribution in [2.24, 2.45) is 4.99 Å². The summed E-state index contributed by atoms with van der Waals surface area (Å²) < 4.78 is 11.2. The van der Waals surface area contributed by atoms with E-state index in [1.807, 2.05) is 24.3 Å². The van der Waals surface area contributed by atoms with Gasteiger partial charge in [0.05, 0.1) is 6.54 Å². The van der Waals surface area contributed by atoms with Crippen LogP contribution in [0.5, 0.6) is 11.5 Å². The molecule has 1 aromatic rings. The fourth-order valence-corrected chi connectivity index (χ4v) is 1.59. The maximum absolute atomic E-state index is 5.58. The molecular formula is C10H10N2O2. The van der Waals surface area contributed by atoms with Crippen molar-refractivity contribution < 1.29 is 9.47 Å². The Balaban J connectivity index is 1.84. The summed E-state index contributed by atoms with van der Waals surface area (Å²) in [6, 6.07) is 7.64. The Hall–Kier alpha value is -1.71. The van der Waals surface area contributed by atoms with Gasteiger partial charge in [-0.15, -0.1) is 0 Å². The summed E-state index contributed by atoms with van der Waals surface area (Å²) in [5, 5.41) is 3.13. The van der Waals surface area contributed by atoms with Crippen LogP contribution in [0, 0.1) is 0 Å². The van der Waals surface area contributed by atoms with Crippen molar-refractivity contribution in [1.29, 1.82) is 0 Å². The fourth-order valence-electron chi connectivity index (χ4n) is 1.59. The third-order valence-corrected chi connectivity index (χ3v) is 2.24. The summed E-state index contributed by atoms with van der Waals surface area (Å²) in [5.41, 5.74) is 0. The molecule has 0 saturated heterocycles. The number of hydrogen-bond acceptors (Lipinski definition) is 4. The monoisotopic (exact) mass is 190 g/mol. The third-order valence-electron chi connectivity index (χ3n) is 2.24. The first-order valence-corrected chi connectivity index (χ1v) is 4.64. The van der Waals surface area contributed by atoms with Gasteiger partial charge in [-0.25, -0.2) is 0 Å². The molecule has 0 fully saturated rings. The molecule has 0 atom stereocenters. The second kappa shape index (κ2) is 2.90. The van der Waals surface area contributed by atoms with E-state index in [-0.39, 0.29) is 6.29 Å². The number of ether oxygens (including phenoxy) is 2. The van der Waals surface area contributed by atoms with E-state index in [4.69, 9.17) is 9.47 Å². The highest BCUT2D eigenvalue weighted by Crippen LogP contribution is 2.34. The van der Waals surface area contributed by atoms with Crippen LogP contribution in [0.2, 0.25) is 0 Å². The van der Waals surface area contributed by atoms with Crippen molar-refractivity contribution >= 4 is 5.84 Å². The Morgan fingerprint density at radius 1 is 1.21 bits per heavy atom. The van der Waals surface area contributed by atoms with E-state index in [1.165, 1.54) is 0 Å². The summed E-state index contributed by atoms with van der Waals surface area (Å²) in [7, 11) is 0. The first-order chi connectivity index (χ1) is 6.93. The molecule has 2 aliphatic heterocycles. The zero-order valence-electron chi connectivity index (χ0n) is 7.56. The summed E-state index contributed by atoms with van der Waals surface area (Å²) in [6.07, 6.45) is -0.380. The van der Waals surface area contributed by atoms with Crippen LogP contribution in [0.1, 0.15) is 0 Å². The Kier molecular flexibility index (Phi) is 1.59. The molecule has 4 nitrogen and oxygen atoms in total. The number of fused-ring (bicyclic) bond motifs is 1. The van der Waals surface area contributed by atoms with E-state index in [1.54, 1.807) is 0 Å². The molecule has 1 N–H and O–H groups in total. The molecule has 0 aliphatic carbocycles. The van der Waals surface area contributed by atoms with E-state index in [2.05, 4.69) is 10.3 Å². The van der Waals surface area contributed by atoms with Gasteiger partial charge in [0.15, 0.2) is 17.3 Å². The largest absolute Gasteiger partial charge is 0.444 e. The molecule has 0 unspecified atom stereocenters. The molecule has 2 aliphatic rings. The van der Waals surface area contributed by atoms with Gasteiger partial charge in [-0.3, -0.25) is 4.99 Å². The van der Waals surface area contributed by atoms with Gasteiger partial charge in [0.2, 0.25) is 0 Å². The molecule has 72 valence electrons. The van der Waals surface area contributed by atoms with Gasteiger partial charge in [0.25, 0.3) is 6.29 Å². The average Bonchev–Trinajstić information content (AvgIpc) is 2.86. The molecule has 4 heteroatoms. The fraction of sp³-hybridized carbons (Fsp3) is 0.300. The Labute approximate surface area is 81.6 Å². The standard InChI is InChI=1S/C10H10N2O2/c1-2-4-8-7(3-1)13-10(14-8)9-11-5-6-12-9/h1-4,10H,5-6H2,(H,11,12). The predicted octanol–water partition coefficient (Wildman–Crippen LogP) is 0.786. The SMILES string of the molecule is c1ccc2c(c1)OC(C1=NCCN1)O2. The maximum atomic E-state index is 5.58. The van der Waals surface area contributed by atoms with Crippen LogP contribution in [0.3, 0.4) is 0 Å². The second-order valence-electron chi connectivity index (χ2n) is 3.21. The van der Waals surface area contributed by atoms with Crippen molar-refractivity contribution in [3.63, 3.8) is 0 Å². The van der Waals surface area contributed by atoms with Crippen molar-refractivity contribution in [3.05, 3.63) is 24.3 Å². The van der Waals surface area contributed by atoms with Gasteiger partial charge < -0.3 is 14.8 Å². The minimum absolute atomic E-state index is 0.380. The van der Waals surface area contributed by atoms with Gasteiger partial charge >= 0.3 is 0 Å². The lowest BCUT2D eigenvalue weighted by atomic mass is 10.3. The highest BCUT2D eigenvalue weighted by atomic mass is 16.7. The Morgan fingerprint density at radius 3 is 2.50 bits per heavy atom. The Bertz CT molecular complexity index is 364. The van der Waals surface area contributed by atoms with E-state index in [9.17, 15) is 0 Å². The van der Waals surface area contributed by atoms with E-state index in [0.29, 0.717) is 0 Å². The molecule has 1 aromatic carbocycles. The van der Waals surface area contributed by atoms with Gasteiger partial charge in [-0.2, -0.15) is 0 Å². The summed E-state index contributed by atoms with van der Waals surface area (Å²) in [5.74, 6) is 2.36. The average molecular weight is 190 g/mol. The molecule has 2 heterocycles. The second-order valence-corrected chi connectivity index (χ2v) is 3.21. The highest BCUT2D eigenvalue weighted by Gasteiger charge is 2.29. The van der Waals surface area contributed by atoms with Crippen LogP contribution in [-0.2, 0) is 0 Å². The third kappa shape index (κ3) is 1.11. The summed E-state index contributed by atoms with van der Waals surface area (Å²) in [6.45, 7) is 1.67. The van der Waals surface area contributed by atoms with Crippen LogP contribution in [0.25, 0.3) is 0 Å².